The summed E-state index contributed by atoms with van der Waals surface area (Å²) in [6.45, 7) is 3.91. The van der Waals surface area contributed by atoms with Crippen molar-refractivity contribution in [3.05, 3.63) is 59.9 Å². The van der Waals surface area contributed by atoms with E-state index in [9.17, 15) is 14.3 Å². The summed E-state index contributed by atoms with van der Waals surface area (Å²) in [6, 6.07) is 13.9. The van der Waals surface area contributed by atoms with E-state index in [1.807, 2.05) is 18.2 Å². The third-order valence-electron chi connectivity index (χ3n) is 4.89. The maximum absolute atomic E-state index is 13.7. The van der Waals surface area contributed by atoms with Gasteiger partial charge in [-0.15, -0.1) is 0 Å². The number of para-hydroxylation sites is 2. The maximum Gasteiger partial charge on any atom is 0.277 e. The molecule has 0 atom stereocenters. The van der Waals surface area contributed by atoms with Gasteiger partial charge in [-0.1, -0.05) is 30.3 Å². The summed E-state index contributed by atoms with van der Waals surface area (Å²) in [5.74, 6) is 0.0201. The van der Waals surface area contributed by atoms with Crippen molar-refractivity contribution in [2.75, 3.05) is 44.7 Å². The number of halogens is 1. The fourth-order valence-electron chi connectivity index (χ4n) is 3.29. The zero-order valence-electron chi connectivity index (χ0n) is 15.0. The van der Waals surface area contributed by atoms with Gasteiger partial charge in [0.25, 0.3) is 5.91 Å². The average molecular weight is 358 g/mol. The number of aromatic hydroxyl groups is 1. The minimum absolute atomic E-state index is 0.0132. The lowest BCUT2D eigenvalue weighted by Gasteiger charge is -2.34. The number of benzene rings is 2. The number of anilines is 1. The lowest BCUT2D eigenvalue weighted by atomic mass is 10.2. The highest BCUT2D eigenvalue weighted by atomic mass is 19.1. The number of nitrogens with one attached hydrogen (secondary N) is 1. The Kier molecular flexibility index (Phi) is 5.73. The van der Waals surface area contributed by atoms with Crippen LogP contribution in [0.4, 0.5) is 10.1 Å². The smallest absolute Gasteiger partial charge is 0.277 e. The van der Waals surface area contributed by atoms with Crippen molar-refractivity contribution >= 4 is 11.6 Å². The van der Waals surface area contributed by atoms with Crippen molar-refractivity contribution in [1.29, 1.82) is 0 Å². The first-order valence-corrected chi connectivity index (χ1v) is 8.88. The van der Waals surface area contributed by atoms with E-state index >= 15 is 0 Å². The molecule has 1 heterocycles. The maximum atomic E-state index is 13.7. The van der Waals surface area contributed by atoms with Gasteiger partial charge < -0.3 is 19.8 Å². The number of carbonyl (C=O) groups excluding carboxylic acids is 1. The van der Waals surface area contributed by atoms with E-state index in [4.69, 9.17) is 0 Å². The fourth-order valence-corrected chi connectivity index (χ4v) is 3.29. The summed E-state index contributed by atoms with van der Waals surface area (Å²) in [7, 11) is 1.71. The molecule has 3 rings (SSSR count). The fraction of sp³-hybridized carbons (Fsp3) is 0.350. The first-order chi connectivity index (χ1) is 12.5. The minimum atomic E-state index is -0.282. The Morgan fingerprint density at radius 1 is 1.15 bits per heavy atom. The Bertz CT molecular complexity index is 760. The Hall–Kier alpha value is -2.60. The summed E-state index contributed by atoms with van der Waals surface area (Å²) < 4.78 is 13.7. The first kappa shape index (κ1) is 18.2. The van der Waals surface area contributed by atoms with Crippen LogP contribution in [0.2, 0.25) is 0 Å². The Morgan fingerprint density at radius 3 is 2.50 bits per heavy atom. The minimum Gasteiger partial charge on any atom is -0.506 e. The van der Waals surface area contributed by atoms with E-state index in [0.717, 1.165) is 31.9 Å². The van der Waals surface area contributed by atoms with Gasteiger partial charge in [0.1, 0.15) is 11.6 Å². The van der Waals surface area contributed by atoms with Gasteiger partial charge in [-0.2, -0.15) is 0 Å². The van der Waals surface area contributed by atoms with Gasteiger partial charge in [-0.3, -0.25) is 4.79 Å². The van der Waals surface area contributed by atoms with Crippen molar-refractivity contribution in [3.8, 4) is 5.75 Å². The molecular weight excluding hydrogens is 333 g/mol. The summed E-state index contributed by atoms with van der Waals surface area (Å²) in [6.07, 6.45) is 0. The number of piperazine rings is 1. The average Bonchev–Trinajstić information content (AvgIpc) is 2.65. The molecule has 0 aliphatic carbocycles. The summed E-state index contributed by atoms with van der Waals surface area (Å²) >= 11 is 0. The molecule has 1 saturated heterocycles. The molecule has 2 aromatic rings. The van der Waals surface area contributed by atoms with E-state index in [0.29, 0.717) is 12.1 Å². The van der Waals surface area contributed by atoms with Crippen molar-refractivity contribution in [1.82, 2.24) is 4.90 Å². The highest BCUT2D eigenvalue weighted by molar-refractivity contribution is 5.76. The van der Waals surface area contributed by atoms with E-state index in [-0.39, 0.29) is 24.0 Å². The third kappa shape index (κ3) is 4.32. The second kappa shape index (κ2) is 8.19. The third-order valence-corrected chi connectivity index (χ3v) is 4.89. The topological polar surface area (TPSA) is 48.2 Å². The zero-order valence-corrected chi connectivity index (χ0v) is 15.0. The second-order valence-electron chi connectivity index (χ2n) is 6.74. The molecule has 0 radical (unpaired) electrons. The number of hydrogen-bond donors (Lipinski definition) is 2. The molecule has 1 aliphatic heterocycles. The molecule has 0 saturated carbocycles. The van der Waals surface area contributed by atoms with E-state index < -0.39 is 0 Å². The number of phenolic OH excluding ortho intramolecular Hbond substituents is 1. The van der Waals surface area contributed by atoms with Crippen LogP contribution in [-0.2, 0) is 11.3 Å². The van der Waals surface area contributed by atoms with Crippen LogP contribution in [-0.4, -0.2) is 55.7 Å². The monoisotopic (exact) mass is 358 g/mol. The largest absolute Gasteiger partial charge is 0.506 e. The van der Waals surface area contributed by atoms with Gasteiger partial charge >= 0.3 is 0 Å². The molecule has 0 aromatic heterocycles. The number of likely N-dealkylation sites (N-methyl/N-ethyl adjacent to an activating group) is 1. The molecule has 2 aromatic carbocycles. The van der Waals surface area contributed by atoms with E-state index in [1.165, 1.54) is 11.0 Å². The van der Waals surface area contributed by atoms with Crippen molar-refractivity contribution < 1.29 is 19.2 Å². The second-order valence-corrected chi connectivity index (χ2v) is 6.74. The Morgan fingerprint density at radius 2 is 1.81 bits per heavy atom. The number of nitrogens with zero attached hydrogens (tertiary/aromatic N) is 2. The van der Waals surface area contributed by atoms with Crippen LogP contribution in [0.5, 0.6) is 5.75 Å². The van der Waals surface area contributed by atoms with Crippen LogP contribution >= 0.6 is 0 Å². The standard InChI is InChI=1S/C20H24FN3O2/c1-22(14-16-6-2-3-7-17(16)21)20(26)15-23-10-12-24(13-11-23)18-8-4-5-9-19(18)25/h2-9,25H,10-15H2,1H3/p+1. The predicted octanol–water partition coefficient (Wildman–Crippen LogP) is 0.895. The molecule has 1 fully saturated rings. The van der Waals surface area contributed by atoms with Crippen LogP contribution in [0.3, 0.4) is 0 Å². The molecule has 1 aliphatic rings. The van der Waals surface area contributed by atoms with Gasteiger partial charge in [0, 0.05) is 19.2 Å². The quantitative estimate of drug-likeness (QED) is 0.835. The van der Waals surface area contributed by atoms with Gasteiger partial charge in [0.2, 0.25) is 0 Å². The highest BCUT2D eigenvalue weighted by Crippen LogP contribution is 2.25. The molecule has 6 heteroatoms. The van der Waals surface area contributed by atoms with E-state index in [1.54, 1.807) is 36.2 Å². The number of quaternary nitrogens is 1. The van der Waals surface area contributed by atoms with Gasteiger partial charge in [0.05, 0.1) is 31.9 Å². The van der Waals surface area contributed by atoms with Crippen molar-refractivity contribution in [2.24, 2.45) is 0 Å². The molecule has 138 valence electrons. The zero-order chi connectivity index (χ0) is 18.5. The molecule has 1 amide bonds. The predicted molar refractivity (Wildman–Crippen MR) is 98.8 cm³/mol. The molecule has 0 unspecified atom stereocenters. The van der Waals surface area contributed by atoms with Gasteiger partial charge in [0.15, 0.2) is 6.54 Å². The molecular formula is C20H25FN3O2+. The normalized spacial score (nSPS) is 15.1. The number of rotatable bonds is 5. The van der Waals surface area contributed by atoms with Crippen LogP contribution < -0.4 is 9.80 Å². The van der Waals surface area contributed by atoms with Gasteiger partial charge in [-0.05, 0) is 18.2 Å². The van der Waals surface area contributed by atoms with Crippen LogP contribution in [0.15, 0.2) is 48.5 Å². The van der Waals surface area contributed by atoms with Crippen LogP contribution in [0.25, 0.3) is 0 Å². The van der Waals surface area contributed by atoms with E-state index in [2.05, 4.69) is 4.90 Å². The molecule has 2 N–H and O–H groups in total. The lowest BCUT2D eigenvalue weighted by Crippen LogP contribution is -3.15. The van der Waals surface area contributed by atoms with Crippen molar-refractivity contribution in [2.45, 2.75) is 6.54 Å². The summed E-state index contributed by atoms with van der Waals surface area (Å²) in [5, 5.41) is 9.97. The van der Waals surface area contributed by atoms with Gasteiger partial charge in [-0.25, -0.2) is 4.39 Å². The van der Waals surface area contributed by atoms with Crippen LogP contribution in [0, 0.1) is 5.82 Å². The summed E-state index contributed by atoms with van der Waals surface area (Å²) in [4.78, 5) is 17.4. The molecule has 0 bridgehead atoms. The molecule has 0 spiro atoms. The number of hydrogen-bond acceptors (Lipinski definition) is 3. The molecule has 26 heavy (non-hydrogen) atoms. The SMILES string of the molecule is CN(Cc1ccccc1F)C(=O)C[NH+]1CCN(c2ccccc2O)CC1. The van der Waals surface area contributed by atoms with Crippen LogP contribution in [0.1, 0.15) is 5.56 Å². The number of amides is 1. The highest BCUT2D eigenvalue weighted by Gasteiger charge is 2.25. The summed E-state index contributed by atoms with van der Waals surface area (Å²) in [5.41, 5.74) is 1.37. The molecule has 5 nitrogen and oxygen atoms in total. The Balaban J connectivity index is 1.50. The van der Waals surface area contributed by atoms with Crippen molar-refractivity contribution in [3.63, 3.8) is 0 Å². The number of carbonyl (C=O) groups is 1. The Labute approximate surface area is 153 Å². The lowest BCUT2D eigenvalue weighted by molar-refractivity contribution is -0.892. The number of phenols is 1. The first-order valence-electron chi connectivity index (χ1n) is 8.88.